The number of rotatable bonds is 3. The topological polar surface area (TPSA) is 61.9 Å². The lowest BCUT2D eigenvalue weighted by molar-refractivity contribution is -0.151. The van der Waals surface area contributed by atoms with E-state index in [9.17, 15) is 9.59 Å². The van der Waals surface area contributed by atoms with Gasteiger partial charge >= 0.3 is 6.09 Å². The van der Waals surface area contributed by atoms with Crippen LogP contribution in [0.2, 0.25) is 0 Å². The highest BCUT2D eigenvalue weighted by atomic mass is 16.6. The molecule has 1 spiro atoms. The Bertz CT molecular complexity index is 569. The minimum atomic E-state index is -0.175. The molecule has 0 radical (unpaired) electrons. The summed E-state index contributed by atoms with van der Waals surface area (Å²) in [5.41, 5.74) is 0.225. The molecule has 4 fully saturated rings. The molecule has 3 saturated heterocycles. The normalized spacial score (nSPS) is 37.6. The molecule has 1 N–H and O–H groups in total. The van der Waals surface area contributed by atoms with Crippen molar-refractivity contribution in [1.82, 2.24) is 15.1 Å². The molecule has 0 aromatic heterocycles. The number of hydrogen-bond acceptors (Lipinski definition) is 4. The van der Waals surface area contributed by atoms with Crippen LogP contribution in [0.1, 0.15) is 52.4 Å². The molecule has 1 aliphatic carbocycles. The molecule has 0 aromatic carbocycles. The standard InChI is InChI=1S/C21H35N3O3/c1-3-27-20(26)23-9-6-21(14-23)11-17(12-21)24-13-15(2)10-18(19(24)25)16-4-7-22-8-5-16/h15-18,22H,3-14H2,1-2H3. The molecule has 6 heteroatoms. The Hall–Kier alpha value is -1.30. The SMILES string of the molecule is CCOC(=O)N1CCC2(CC(N3CC(C)CC(C4CCNCC4)C3=O)C2)C1. The minimum absolute atomic E-state index is 0.175. The van der Waals surface area contributed by atoms with Gasteiger partial charge < -0.3 is 19.9 Å². The fourth-order valence-corrected chi connectivity index (χ4v) is 6.02. The second kappa shape index (κ2) is 7.61. The van der Waals surface area contributed by atoms with Gasteiger partial charge in [-0.2, -0.15) is 0 Å². The van der Waals surface area contributed by atoms with Crippen molar-refractivity contribution in [3.63, 3.8) is 0 Å². The van der Waals surface area contributed by atoms with Crippen LogP contribution in [0, 0.1) is 23.2 Å². The Morgan fingerprint density at radius 1 is 1.30 bits per heavy atom. The maximum Gasteiger partial charge on any atom is 0.409 e. The number of nitrogens with one attached hydrogen (secondary N) is 1. The number of nitrogens with zero attached hydrogens (tertiary/aromatic N) is 2. The van der Waals surface area contributed by atoms with Gasteiger partial charge in [0, 0.05) is 31.6 Å². The fourth-order valence-electron chi connectivity index (χ4n) is 6.02. The predicted octanol–water partition coefficient (Wildman–Crippen LogP) is 2.48. The third-order valence-corrected chi connectivity index (χ3v) is 7.46. The van der Waals surface area contributed by atoms with E-state index in [1.54, 1.807) is 0 Å². The summed E-state index contributed by atoms with van der Waals surface area (Å²) < 4.78 is 5.16. The number of hydrogen-bond donors (Lipinski definition) is 1. The summed E-state index contributed by atoms with van der Waals surface area (Å²) in [5.74, 6) is 1.80. The molecule has 0 bridgehead atoms. The smallest absolute Gasteiger partial charge is 0.409 e. The van der Waals surface area contributed by atoms with Crippen LogP contribution in [0.25, 0.3) is 0 Å². The summed E-state index contributed by atoms with van der Waals surface area (Å²) >= 11 is 0. The van der Waals surface area contributed by atoms with Gasteiger partial charge in [-0.05, 0) is 75.8 Å². The van der Waals surface area contributed by atoms with E-state index >= 15 is 0 Å². The van der Waals surface area contributed by atoms with Crippen LogP contribution >= 0.6 is 0 Å². The monoisotopic (exact) mass is 377 g/mol. The van der Waals surface area contributed by atoms with E-state index in [-0.39, 0.29) is 17.4 Å². The Kier molecular flexibility index (Phi) is 5.36. The molecule has 4 rings (SSSR count). The first-order valence-electron chi connectivity index (χ1n) is 10.9. The number of piperidine rings is 2. The summed E-state index contributed by atoms with van der Waals surface area (Å²) in [6.45, 7) is 9.22. The van der Waals surface area contributed by atoms with Gasteiger partial charge in [-0.25, -0.2) is 4.79 Å². The van der Waals surface area contributed by atoms with Gasteiger partial charge in [0.25, 0.3) is 0 Å². The molecule has 2 amide bonds. The lowest BCUT2D eigenvalue weighted by Crippen LogP contribution is -2.59. The molecule has 27 heavy (non-hydrogen) atoms. The third-order valence-electron chi connectivity index (χ3n) is 7.46. The molecule has 4 aliphatic rings. The molecular weight excluding hydrogens is 342 g/mol. The highest BCUT2D eigenvalue weighted by Crippen LogP contribution is 2.51. The molecule has 1 saturated carbocycles. The number of amides is 2. The lowest BCUT2D eigenvalue weighted by atomic mass is 9.63. The van der Waals surface area contributed by atoms with Crippen molar-refractivity contribution in [3.05, 3.63) is 0 Å². The Morgan fingerprint density at radius 2 is 2.04 bits per heavy atom. The van der Waals surface area contributed by atoms with Crippen LogP contribution in [0.4, 0.5) is 4.79 Å². The Balaban J connectivity index is 1.35. The van der Waals surface area contributed by atoms with Gasteiger partial charge in [-0.1, -0.05) is 6.92 Å². The average Bonchev–Trinajstić information content (AvgIpc) is 3.09. The van der Waals surface area contributed by atoms with Crippen LogP contribution in [0.3, 0.4) is 0 Å². The van der Waals surface area contributed by atoms with E-state index in [0.29, 0.717) is 30.4 Å². The maximum absolute atomic E-state index is 13.3. The Labute approximate surface area is 163 Å². The van der Waals surface area contributed by atoms with Crippen LogP contribution in [0.5, 0.6) is 0 Å². The molecule has 6 nitrogen and oxygen atoms in total. The van der Waals surface area contributed by atoms with Crippen molar-refractivity contribution in [2.24, 2.45) is 23.2 Å². The van der Waals surface area contributed by atoms with Crippen LogP contribution in [-0.2, 0) is 9.53 Å². The van der Waals surface area contributed by atoms with Gasteiger partial charge in [-0.3, -0.25) is 4.79 Å². The third kappa shape index (κ3) is 3.69. The van der Waals surface area contributed by atoms with E-state index in [2.05, 4.69) is 17.1 Å². The van der Waals surface area contributed by atoms with E-state index in [4.69, 9.17) is 4.74 Å². The summed E-state index contributed by atoms with van der Waals surface area (Å²) in [7, 11) is 0. The number of likely N-dealkylation sites (tertiary alicyclic amines) is 2. The van der Waals surface area contributed by atoms with Gasteiger partial charge in [0.2, 0.25) is 5.91 Å². The summed E-state index contributed by atoms with van der Waals surface area (Å²) in [4.78, 5) is 29.4. The molecule has 3 aliphatic heterocycles. The van der Waals surface area contributed by atoms with Gasteiger partial charge in [-0.15, -0.1) is 0 Å². The highest BCUT2D eigenvalue weighted by molar-refractivity contribution is 5.80. The number of carbonyl (C=O) groups excluding carboxylic acids is 2. The lowest BCUT2D eigenvalue weighted by Gasteiger charge is -2.53. The van der Waals surface area contributed by atoms with Crippen LogP contribution in [0.15, 0.2) is 0 Å². The highest BCUT2D eigenvalue weighted by Gasteiger charge is 2.53. The zero-order valence-electron chi connectivity index (χ0n) is 16.9. The first-order valence-corrected chi connectivity index (χ1v) is 10.9. The number of carbonyl (C=O) groups is 2. The van der Waals surface area contributed by atoms with E-state index in [1.165, 1.54) is 0 Å². The molecule has 3 heterocycles. The Morgan fingerprint density at radius 3 is 2.74 bits per heavy atom. The zero-order valence-corrected chi connectivity index (χ0v) is 16.9. The second-order valence-electron chi connectivity index (χ2n) is 9.46. The van der Waals surface area contributed by atoms with E-state index < -0.39 is 0 Å². The van der Waals surface area contributed by atoms with Gasteiger partial charge in [0.1, 0.15) is 0 Å². The first-order chi connectivity index (χ1) is 13.0. The van der Waals surface area contributed by atoms with E-state index in [1.807, 2.05) is 11.8 Å². The van der Waals surface area contributed by atoms with Gasteiger partial charge in [0.15, 0.2) is 0 Å². The molecule has 2 unspecified atom stereocenters. The first kappa shape index (κ1) is 19.0. The quantitative estimate of drug-likeness (QED) is 0.821. The summed E-state index contributed by atoms with van der Waals surface area (Å²) in [6, 6.07) is 0.381. The van der Waals surface area contributed by atoms with Crippen molar-refractivity contribution < 1.29 is 14.3 Å². The van der Waals surface area contributed by atoms with E-state index in [0.717, 1.165) is 71.2 Å². The predicted molar refractivity (Wildman–Crippen MR) is 103 cm³/mol. The van der Waals surface area contributed by atoms with Crippen LogP contribution < -0.4 is 5.32 Å². The van der Waals surface area contributed by atoms with Crippen molar-refractivity contribution in [1.29, 1.82) is 0 Å². The summed E-state index contributed by atoms with van der Waals surface area (Å²) in [6.07, 6.45) is 6.33. The second-order valence-corrected chi connectivity index (χ2v) is 9.46. The molecule has 0 aromatic rings. The molecular formula is C21H35N3O3. The zero-order chi connectivity index (χ0) is 19.0. The van der Waals surface area contributed by atoms with Crippen molar-refractivity contribution in [3.8, 4) is 0 Å². The van der Waals surface area contributed by atoms with Crippen molar-refractivity contribution in [2.75, 3.05) is 39.3 Å². The average molecular weight is 378 g/mol. The number of ether oxygens (including phenoxy) is 1. The maximum atomic E-state index is 13.3. The van der Waals surface area contributed by atoms with Gasteiger partial charge in [0.05, 0.1) is 6.61 Å². The molecule has 152 valence electrons. The minimum Gasteiger partial charge on any atom is -0.450 e. The summed E-state index contributed by atoms with van der Waals surface area (Å²) in [5, 5.41) is 3.42. The van der Waals surface area contributed by atoms with Crippen LogP contribution in [-0.4, -0.2) is 67.2 Å². The van der Waals surface area contributed by atoms with Crippen molar-refractivity contribution in [2.45, 2.75) is 58.4 Å². The molecule has 2 atom stereocenters. The fraction of sp³-hybridized carbons (Fsp3) is 0.905. The largest absolute Gasteiger partial charge is 0.450 e. The van der Waals surface area contributed by atoms with Crippen molar-refractivity contribution >= 4 is 12.0 Å².